The molecule has 1 heterocycles. The average Bonchev–Trinajstić information content (AvgIpc) is 2.73. The fourth-order valence-electron chi connectivity index (χ4n) is 2.65. The molecule has 3 rings (SSSR count). The Kier molecular flexibility index (Phi) is 6.49. The number of ether oxygens (including phenoxy) is 1. The van der Waals surface area contributed by atoms with E-state index in [-0.39, 0.29) is 5.91 Å². The second-order valence-electron chi connectivity index (χ2n) is 5.96. The highest BCUT2D eigenvalue weighted by Gasteiger charge is 2.14. The zero-order valence-electron chi connectivity index (χ0n) is 15.5. The molecule has 0 aliphatic heterocycles. The van der Waals surface area contributed by atoms with Crippen LogP contribution in [0.3, 0.4) is 0 Å². The third kappa shape index (κ3) is 5.11. The minimum Gasteiger partial charge on any atom is -0.497 e. The van der Waals surface area contributed by atoms with Crippen molar-refractivity contribution < 1.29 is 9.53 Å². The van der Waals surface area contributed by atoms with Crippen molar-refractivity contribution in [2.45, 2.75) is 23.4 Å². The quantitative estimate of drug-likeness (QED) is 0.586. The van der Waals surface area contributed by atoms with E-state index < -0.39 is 0 Å². The molecule has 0 aliphatic rings. The first kappa shape index (κ1) is 19.0. The number of rotatable bonds is 7. The highest BCUT2D eigenvalue weighted by Crippen LogP contribution is 2.26. The number of aromatic nitrogens is 1. The lowest BCUT2D eigenvalue weighted by molar-refractivity contribution is 0.0752. The minimum absolute atomic E-state index is 0.0303. The highest BCUT2D eigenvalue weighted by molar-refractivity contribution is 7.99. The van der Waals surface area contributed by atoms with Crippen molar-refractivity contribution >= 4 is 17.7 Å². The monoisotopic (exact) mass is 378 g/mol. The number of nitrogens with zero attached hydrogens (tertiary/aromatic N) is 2. The van der Waals surface area contributed by atoms with Crippen LogP contribution in [0.2, 0.25) is 0 Å². The van der Waals surface area contributed by atoms with E-state index in [1.54, 1.807) is 25.1 Å². The van der Waals surface area contributed by atoms with Crippen LogP contribution < -0.4 is 4.74 Å². The largest absolute Gasteiger partial charge is 0.497 e. The van der Waals surface area contributed by atoms with Gasteiger partial charge in [-0.15, -0.1) is 0 Å². The summed E-state index contributed by atoms with van der Waals surface area (Å²) >= 11 is 1.58. The maximum absolute atomic E-state index is 12.9. The molecule has 0 aliphatic carbocycles. The Morgan fingerprint density at radius 3 is 2.37 bits per heavy atom. The first-order valence-corrected chi connectivity index (χ1v) is 9.62. The average molecular weight is 378 g/mol. The number of carbonyl (C=O) groups is 1. The number of amides is 1. The summed E-state index contributed by atoms with van der Waals surface area (Å²) in [4.78, 5) is 20.1. The first-order valence-electron chi connectivity index (χ1n) is 8.80. The van der Waals surface area contributed by atoms with Crippen LogP contribution >= 0.6 is 11.8 Å². The van der Waals surface area contributed by atoms with Crippen molar-refractivity contribution in [1.82, 2.24) is 9.88 Å². The van der Waals surface area contributed by atoms with Gasteiger partial charge in [-0.3, -0.25) is 4.79 Å². The molecule has 2 aromatic carbocycles. The van der Waals surface area contributed by atoms with Gasteiger partial charge in [0, 0.05) is 29.7 Å². The van der Waals surface area contributed by atoms with Crippen LogP contribution in [0, 0.1) is 0 Å². The molecular weight excluding hydrogens is 356 g/mol. The summed E-state index contributed by atoms with van der Waals surface area (Å²) in [5, 5.41) is 0.936. The predicted octanol–water partition coefficient (Wildman–Crippen LogP) is 4.90. The second-order valence-corrected chi connectivity index (χ2v) is 7.06. The number of hydrogen-bond donors (Lipinski definition) is 0. The van der Waals surface area contributed by atoms with E-state index in [1.165, 1.54) is 0 Å². The summed E-state index contributed by atoms with van der Waals surface area (Å²) in [5.41, 5.74) is 1.77. The van der Waals surface area contributed by atoms with Crippen molar-refractivity contribution in [2.75, 3.05) is 13.7 Å². The molecular formula is C22H22N2O2S. The molecule has 1 amide bonds. The molecule has 27 heavy (non-hydrogen) atoms. The van der Waals surface area contributed by atoms with Gasteiger partial charge in [0.25, 0.3) is 5.91 Å². The van der Waals surface area contributed by atoms with Crippen molar-refractivity contribution in [1.29, 1.82) is 0 Å². The Balaban J connectivity index is 1.67. The summed E-state index contributed by atoms with van der Waals surface area (Å²) in [6.07, 6.45) is 1.78. The first-order chi connectivity index (χ1) is 13.2. The molecule has 0 bridgehead atoms. The number of pyridine rings is 1. The lowest BCUT2D eigenvalue weighted by atomic mass is 10.1. The summed E-state index contributed by atoms with van der Waals surface area (Å²) in [6.45, 7) is 3.21. The molecule has 0 atom stereocenters. The molecule has 5 heteroatoms. The van der Waals surface area contributed by atoms with Crippen LogP contribution in [0.25, 0.3) is 0 Å². The molecule has 0 fully saturated rings. The molecule has 138 valence electrons. The van der Waals surface area contributed by atoms with Crippen molar-refractivity contribution in [3.63, 3.8) is 0 Å². The van der Waals surface area contributed by atoms with Crippen molar-refractivity contribution in [3.8, 4) is 5.75 Å². The van der Waals surface area contributed by atoms with Gasteiger partial charge in [-0.25, -0.2) is 4.98 Å². The van der Waals surface area contributed by atoms with Crippen LogP contribution in [-0.2, 0) is 6.54 Å². The topological polar surface area (TPSA) is 42.4 Å². The molecule has 4 nitrogen and oxygen atoms in total. The summed E-state index contributed by atoms with van der Waals surface area (Å²) in [7, 11) is 1.65. The minimum atomic E-state index is 0.0303. The number of hydrogen-bond acceptors (Lipinski definition) is 4. The summed E-state index contributed by atoms with van der Waals surface area (Å²) in [6, 6.07) is 21.3. The second kappa shape index (κ2) is 9.24. The molecule has 0 radical (unpaired) electrons. The van der Waals surface area contributed by atoms with Crippen molar-refractivity contribution in [2.24, 2.45) is 0 Å². The Bertz CT molecular complexity index is 865. The van der Waals surface area contributed by atoms with Gasteiger partial charge in [-0.2, -0.15) is 0 Å². The van der Waals surface area contributed by atoms with Crippen molar-refractivity contribution in [3.05, 3.63) is 84.1 Å². The van der Waals surface area contributed by atoms with E-state index >= 15 is 0 Å². The molecule has 0 spiro atoms. The molecule has 1 aromatic heterocycles. The lowest BCUT2D eigenvalue weighted by Crippen LogP contribution is -2.30. The standard InChI is InChI=1S/C22H22N2O2S/c1-3-24(16-17-7-11-19(26-2)12-8-17)22(25)18-9-13-20(14-10-18)27-21-6-4-5-15-23-21/h4-15H,3,16H2,1-2H3. The van der Waals surface area contributed by atoms with Gasteiger partial charge >= 0.3 is 0 Å². The van der Waals surface area contributed by atoms with Gasteiger partial charge in [0.2, 0.25) is 0 Å². The van der Waals surface area contributed by atoms with Gasteiger partial charge in [0.15, 0.2) is 0 Å². The Labute approximate surface area is 164 Å². The van der Waals surface area contributed by atoms with Crippen LogP contribution in [0.5, 0.6) is 5.75 Å². The third-order valence-electron chi connectivity index (χ3n) is 4.16. The highest BCUT2D eigenvalue weighted by atomic mass is 32.2. The molecule has 0 saturated heterocycles. The SMILES string of the molecule is CCN(Cc1ccc(OC)cc1)C(=O)c1ccc(Sc2ccccn2)cc1. The smallest absolute Gasteiger partial charge is 0.254 e. The van der Waals surface area contributed by atoms with Crippen LogP contribution in [0.1, 0.15) is 22.8 Å². The normalized spacial score (nSPS) is 10.4. The molecule has 0 N–H and O–H groups in total. The molecule has 3 aromatic rings. The molecule has 0 unspecified atom stereocenters. The number of methoxy groups -OCH3 is 1. The summed E-state index contributed by atoms with van der Waals surface area (Å²) in [5.74, 6) is 0.844. The maximum Gasteiger partial charge on any atom is 0.254 e. The van der Waals surface area contributed by atoms with E-state index in [9.17, 15) is 4.79 Å². The van der Waals surface area contributed by atoms with Gasteiger partial charge in [-0.1, -0.05) is 30.0 Å². The van der Waals surface area contributed by atoms with Crippen LogP contribution in [-0.4, -0.2) is 29.4 Å². The number of carbonyl (C=O) groups excluding carboxylic acids is 1. The predicted molar refractivity (Wildman–Crippen MR) is 108 cm³/mol. The van der Waals surface area contributed by atoms with Crippen LogP contribution in [0.4, 0.5) is 0 Å². The number of benzene rings is 2. The van der Waals surface area contributed by atoms with Gasteiger partial charge in [0.1, 0.15) is 10.8 Å². The van der Waals surface area contributed by atoms with E-state index in [2.05, 4.69) is 4.98 Å². The molecule has 0 saturated carbocycles. The third-order valence-corrected chi connectivity index (χ3v) is 5.12. The van der Waals surface area contributed by atoms with E-state index in [1.807, 2.05) is 78.6 Å². The van der Waals surface area contributed by atoms with Gasteiger partial charge in [-0.05, 0) is 61.0 Å². The zero-order chi connectivity index (χ0) is 19.1. The summed E-state index contributed by atoms with van der Waals surface area (Å²) < 4.78 is 5.18. The lowest BCUT2D eigenvalue weighted by Gasteiger charge is -2.21. The van der Waals surface area contributed by atoms with Gasteiger partial charge in [0.05, 0.1) is 7.11 Å². The fraction of sp³-hybridized carbons (Fsp3) is 0.182. The van der Waals surface area contributed by atoms with Gasteiger partial charge < -0.3 is 9.64 Å². The fourth-order valence-corrected chi connectivity index (χ4v) is 3.43. The Morgan fingerprint density at radius 1 is 1.04 bits per heavy atom. The Hall–Kier alpha value is -2.79. The van der Waals surface area contributed by atoms with E-state index in [0.29, 0.717) is 18.7 Å². The zero-order valence-corrected chi connectivity index (χ0v) is 16.3. The van der Waals surface area contributed by atoms with E-state index in [4.69, 9.17) is 4.74 Å². The van der Waals surface area contributed by atoms with E-state index in [0.717, 1.165) is 21.2 Å². The van der Waals surface area contributed by atoms with Crippen LogP contribution in [0.15, 0.2) is 82.8 Å². The maximum atomic E-state index is 12.9. The Morgan fingerprint density at radius 2 is 1.78 bits per heavy atom.